The fourth-order valence-corrected chi connectivity index (χ4v) is 3.03. The van der Waals surface area contributed by atoms with Crippen molar-refractivity contribution in [2.45, 2.75) is 6.54 Å². The number of nitrogens with zero attached hydrogens (tertiary/aromatic N) is 4. The van der Waals surface area contributed by atoms with E-state index in [1.54, 1.807) is 32.1 Å². The van der Waals surface area contributed by atoms with Crippen LogP contribution in [0.1, 0.15) is 5.56 Å². The predicted octanol–water partition coefficient (Wildman–Crippen LogP) is 1.74. The van der Waals surface area contributed by atoms with E-state index >= 15 is 0 Å². The van der Waals surface area contributed by atoms with E-state index in [4.69, 9.17) is 0 Å². The van der Waals surface area contributed by atoms with Gasteiger partial charge in [-0.05, 0) is 11.6 Å². The molecule has 1 aromatic carbocycles. The molecule has 3 aromatic heterocycles. The van der Waals surface area contributed by atoms with Gasteiger partial charge in [-0.3, -0.25) is 4.68 Å². The number of fused-ring (bicyclic) bond motifs is 1. The molecule has 0 fully saturated rings. The van der Waals surface area contributed by atoms with E-state index in [0.29, 0.717) is 17.8 Å². The highest BCUT2D eigenvalue weighted by atomic mass is 16.3. The first kappa shape index (κ1) is 15.1. The van der Waals surface area contributed by atoms with Crippen molar-refractivity contribution in [2.24, 2.45) is 7.05 Å². The number of hydrogen-bond acceptors (Lipinski definition) is 3. The zero-order valence-electron chi connectivity index (χ0n) is 13.7. The topological polar surface area (TPSA) is 64.2 Å². The van der Waals surface area contributed by atoms with Gasteiger partial charge in [-0.2, -0.15) is 14.1 Å². The smallest absolute Gasteiger partial charge is 0.354 e. The molecule has 6 heteroatoms. The highest BCUT2D eigenvalue weighted by molar-refractivity contribution is 5.67. The van der Waals surface area contributed by atoms with E-state index in [2.05, 4.69) is 5.10 Å². The predicted molar refractivity (Wildman–Crippen MR) is 93.3 cm³/mol. The molecule has 3 heterocycles. The zero-order chi connectivity index (χ0) is 17.4. The second kappa shape index (κ2) is 5.90. The van der Waals surface area contributed by atoms with E-state index in [-0.39, 0.29) is 17.0 Å². The Morgan fingerprint density at radius 3 is 2.60 bits per heavy atom. The van der Waals surface area contributed by atoms with Crippen LogP contribution in [-0.2, 0) is 13.6 Å². The summed E-state index contributed by atoms with van der Waals surface area (Å²) in [5.74, 6) is -0.0498. The van der Waals surface area contributed by atoms with Crippen LogP contribution in [0.4, 0.5) is 0 Å². The molecular formula is C19H17N4O2+. The maximum absolute atomic E-state index is 12.9. The molecule has 1 N–H and O–H groups in total. The Morgan fingerprint density at radius 1 is 1.12 bits per heavy atom. The van der Waals surface area contributed by atoms with Gasteiger partial charge >= 0.3 is 5.56 Å². The molecule has 0 spiro atoms. The summed E-state index contributed by atoms with van der Waals surface area (Å²) in [7, 11) is 1.84. The minimum Gasteiger partial charge on any atom is -0.477 e. The van der Waals surface area contributed by atoms with Gasteiger partial charge in [0.2, 0.25) is 0 Å². The van der Waals surface area contributed by atoms with Gasteiger partial charge in [-0.15, -0.1) is 0 Å². The highest BCUT2D eigenvalue weighted by Crippen LogP contribution is 2.26. The van der Waals surface area contributed by atoms with Crippen LogP contribution in [0.15, 0.2) is 71.9 Å². The SMILES string of the molecule is Cn1cc(Cn2c(O)c(-c3ccccc3)c(=O)[n+]3ccccc23)cn1. The summed E-state index contributed by atoms with van der Waals surface area (Å²) in [6.07, 6.45) is 5.35. The fourth-order valence-electron chi connectivity index (χ4n) is 3.03. The molecule has 25 heavy (non-hydrogen) atoms. The standard InChI is InChI=1S/C19H16N4O2/c1-21-12-14(11-20-21)13-23-16-9-5-6-10-22(16)18(24)17(19(23)25)15-7-3-2-4-8-15/h2-12H,13H2,1H3/p+1. The molecule has 0 radical (unpaired) electrons. The quantitative estimate of drug-likeness (QED) is 0.581. The lowest BCUT2D eigenvalue weighted by Crippen LogP contribution is -2.43. The summed E-state index contributed by atoms with van der Waals surface area (Å²) in [5.41, 5.74) is 2.28. The molecule has 4 aromatic rings. The third-order valence-electron chi connectivity index (χ3n) is 4.19. The summed E-state index contributed by atoms with van der Waals surface area (Å²) in [5, 5.41) is 15.1. The minimum atomic E-state index is -0.248. The van der Waals surface area contributed by atoms with Gasteiger partial charge in [-0.25, -0.2) is 4.79 Å². The molecular weight excluding hydrogens is 316 g/mol. The van der Waals surface area contributed by atoms with Crippen LogP contribution in [0.5, 0.6) is 5.88 Å². The molecule has 6 nitrogen and oxygen atoms in total. The molecule has 0 unspecified atom stereocenters. The summed E-state index contributed by atoms with van der Waals surface area (Å²) in [4.78, 5) is 12.9. The summed E-state index contributed by atoms with van der Waals surface area (Å²) in [6, 6.07) is 14.7. The molecule has 0 atom stereocenters. The van der Waals surface area contributed by atoms with Gasteiger partial charge in [0.15, 0.2) is 5.56 Å². The van der Waals surface area contributed by atoms with Crippen molar-refractivity contribution >= 4 is 5.65 Å². The number of pyridine rings is 1. The maximum Gasteiger partial charge on any atom is 0.354 e. The van der Waals surface area contributed by atoms with Crippen molar-refractivity contribution in [3.05, 3.63) is 83.0 Å². The summed E-state index contributed by atoms with van der Waals surface area (Å²) in [6.45, 7) is 0.410. The molecule has 0 bridgehead atoms. The first-order valence-corrected chi connectivity index (χ1v) is 7.94. The third-order valence-corrected chi connectivity index (χ3v) is 4.19. The highest BCUT2D eigenvalue weighted by Gasteiger charge is 2.25. The Balaban J connectivity index is 2.02. The van der Waals surface area contributed by atoms with Gasteiger partial charge in [0.05, 0.1) is 12.4 Å². The van der Waals surface area contributed by atoms with Crippen molar-refractivity contribution in [1.29, 1.82) is 0 Å². The average Bonchev–Trinajstić information content (AvgIpc) is 3.05. The van der Waals surface area contributed by atoms with Gasteiger partial charge < -0.3 is 5.11 Å². The number of hydrogen-bond donors (Lipinski definition) is 1. The third kappa shape index (κ3) is 2.57. The molecule has 0 aliphatic heterocycles. The maximum atomic E-state index is 12.9. The summed E-state index contributed by atoms with van der Waals surface area (Å²) >= 11 is 0. The van der Waals surface area contributed by atoms with Crippen molar-refractivity contribution in [2.75, 3.05) is 0 Å². The molecule has 0 saturated heterocycles. The minimum absolute atomic E-state index is 0.0498. The number of aromatic nitrogens is 4. The molecule has 0 aliphatic carbocycles. The number of aryl methyl sites for hydroxylation is 1. The Bertz CT molecular complexity index is 1110. The Hall–Kier alpha value is -3.41. The van der Waals surface area contributed by atoms with Crippen LogP contribution in [0.25, 0.3) is 16.8 Å². The lowest BCUT2D eigenvalue weighted by molar-refractivity contribution is -0.532. The fraction of sp³-hybridized carbons (Fsp3) is 0.105. The number of benzene rings is 1. The van der Waals surface area contributed by atoms with Gasteiger partial charge in [0.25, 0.3) is 11.5 Å². The van der Waals surface area contributed by atoms with E-state index in [1.807, 2.05) is 55.7 Å². The monoisotopic (exact) mass is 333 g/mol. The molecule has 0 saturated carbocycles. The Kier molecular flexibility index (Phi) is 3.57. The van der Waals surface area contributed by atoms with Gasteiger partial charge in [0.1, 0.15) is 6.54 Å². The Labute approximate surface area is 143 Å². The lowest BCUT2D eigenvalue weighted by atomic mass is 10.1. The van der Waals surface area contributed by atoms with Crippen LogP contribution in [0.2, 0.25) is 0 Å². The normalized spacial score (nSPS) is 11.1. The second-order valence-electron chi connectivity index (χ2n) is 5.91. The zero-order valence-corrected chi connectivity index (χ0v) is 13.7. The number of aromatic hydroxyl groups is 1. The molecule has 0 amide bonds. The molecule has 0 aliphatic rings. The number of rotatable bonds is 3. The van der Waals surface area contributed by atoms with Crippen molar-refractivity contribution in [3.63, 3.8) is 0 Å². The van der Waals surface area contributed by atoms with Crippen LogP contribution in [-0.4, -0.2) is 19.5 Å². The first-order valence-electron chi connectivity index (χ1n) is 7.94. The average molecular weight is 333 g/mol. The largest absolute Gasteiger partial charge is 0.477 e. The van der Waals surface area contributed by atoms with Crippen LogP contribution in [0.3, 0.4) is 0 Å². The van der Waals surface area contributed by atoms with Crippen molar-refractivity contribution in [3.8, 4) is 17.0 Å². The molecule has 124 valence electrons. The van der Waals surface area contributed by atoms with Gasteiger partial charge in [0, 0.05) is 24.9 Å². The van der Waals surface area contributed by atoms with E-state index in [0.717, 1.165) is 5.56 Å². The van der Waals surface area contributed by atoms with Crippen molar-refractivity contribution in [1.82, 2.24) is 14.3 Å². The van der Waals surface area contributed by atoms with E-state index in [9.17, 15) is 9.90 Å². The van der Waals surface area contributed by atoms with Gasteiger partial charge in [-0.1, -0.05) is 36.4 Å². The van der Waals surface area contributed by atoms with Crippen LogP contribution >= 0.6 is 0 Å². The van der Waals surface area contributed by atoms with E-state index in [1.165, 1.54) is 0 Å². The first-order chi connectivity index (χ1) is 12.1. The molecule has 4 rings (SSSR count). The van der Waals surface area contributed by atoms with Crippen molar-refractivity contribution < 1.29 is 9.51 Å². The van der Waals surface area contributed by atoms with E-state index < -0.39 is 0 Å². The van der Waals surface area contributed by atoms with Crippen LogP contribution in [0, 0.1) is 0 Å². The van der Waals surface area contributed by atoms with Crippen LogP contribution < -0.4 is 9.96 Å². The summed E-state index contributed by atoms with van der Waals surface area (Å²) < 4.78 is 4.99. The Morgan fingerprint density at radius 2 is 1.88 bits per heavy atom. The second-order valence-corrected chi connectivity index (χ2v) is 5.91. The lowest BCUT2D eigenvalue weighted by Gasteiger charge is -2.09.